The number of ketones is 1. The molecule has 1 aliphatic heterocycles. The molecule has 0 aromatic heterocycles. The van der Waals surface area contributed by atoms with E-state index in [9.17, 15) is 4.79 Å². The van der Waals surface area contributed by atoms with Crippen LogP contribution in [0.5, 0.6) is 0 Å². The van der Waals surface area contributed by atoms with Crippen LogP contribution in [-0.4, -0.2) is 44.0 Å². The number of Topliss-reactive ketones (excluding diaryl/α,β-unsaturated/α-hetero) is 1. The van der Waals surface area contributed by atoms with Crippen molar-refractivity contribution in [1.82, 2.24) is 4.90 Å². The molecule has 1 saturated heterocycles. The first-order chi connectivity index (χ1) is 9.15. The second-order valence-electron chi connectivity index (χ2n) is 5.21. The number of hydrogen-bond donors (Lipinski definition) is 0. The molecule has 1 fully saturated rings. The number of hydrogen-bond acceptors (Lipinski definition) is 3. The van der Waals surface area contributed by atoms with Gasteiger partial charge < -0.3 is 4.74 Å². The van der Waals surface area contributed by atoms with Crippen molar-refractivity contribution in [3.8, 4) is 0 Å². The lowest BCUT2D eigenvalue weighted by Gasteiger charge is -2.26. The van der Waals surface area contributed by atoms with Crippen molar-refractivity contribution in [3.63, 3.8) is 0 Å². The number of nitrogens with zero attached hydrogens (tertiary/aromatic N) is 1. The Balaban J connectivity index is 1.82. The highest BCUT2D eigenvalue weighted by atomic mass is 79.9. The van der Waals surface area contributed by atoms with E-state index in [1.54, 1.807) is 0 Å². The van der Waals surface area contributed by atoms with Gasteiger partial charge in [-0.25, -0.2) is 0 Å². The molecule has 0 amide bonds. The molecule has 3 nitrogen and oxygen atoms in total. The Morgan fingerprint density at radius 3 is 2.79 bits per heavy atom. The molecule has 1 unspecified atom stereocenters. The van der Waals surface area contributed by atoms with Crippen LogP contribution in [0.25, 0.3) is 0 Å². The maximum atomic E-state index is 12.1. The molecular formula is C15H20BrNO2. The van der Waals surface area contributed by atoms with Gasteiger partial charge in [0, 0.05) is 23.2 Å². The normalized spacial score (nSPS) is 19.6. The van der Waals surface area contributed by atoms with Crippen LogP contribution in [-0.2, 0) is 4.74 Å². The lowest BCUT2D eigenvalue weighted by molar-refractivity contribution is 0.0416. The van der Waals surface area contributed by atoms with Gasteiger partial charge in [0.15, 0.2) is 5.78 Å². The van der Waals surface area contributed by atoms with E-state index in [2.05, 4.69) is 20.8 Å². The van der Waals surface area contributed by atoms with Gasteiger partial charge in [-0.05, 0) is 37.9 Å². The fourth-order valence-corrected chi connectivity index (χ4v) is 2.69. The lowest BCUT2D eigenvalue weighted by Crippen LogP contribution is -2.34. The third-order valence-electron chi connectivity index (χ3n) is 3.40. The van der Waals surface area contributed by atoms with Crippen molar-refractivity contribution >= 4 is 21.7 Å². The van der Waals surface area contributed by atoms with Gasteiger partial charge in [0.25, 0.3) is 0 Å². The van der Waals surface area contributed by atoms with Crippen LogP contribution in [0.1, 0.15) is 23.2 Å². The number of rotatable bonds is 5. The second kappa shape index (κ2) is 7.17. The summed E-state index contributed by atoms with van der Waals surface area (Å²) < 4.78 is 6.47. The zero-order valence-corrected chi connectivity index (χ0v) is 12.9. The molecule has 0 spiro atoms. The molecule has 0 bridgehead atoms. The molecule has 1 heterocycles. The minimum absolute atomic E-state index is 0.173. The average Bonchev–Trinajstić information content (AvgIpc) is 2.40. The van der Waals surface area contributed by atoms with E-state index >= 15 is 0 Å². The minimum Gasteiger partial charge on any atom is -0.381 e. The van der Waals surface area contributed by atoms with Gasteiger partial charge in [-0.3, -0.25) is 9.69 Å². The quantitative estimate of drug-likeness (QED) is 0.779. The minimum atomic E-state index is 0.173. The van der Waals surface area contributed by atoms with Crippen LogP contribution < -0.4 is 0 Å². The Labute approximate surface area is 123 Å². The third-order valence-corrected chi connectivity index (χ3v) is 3.93. The molecule has 2 rings (SSSR count). The maximum Gasteiger partial charge on any atom is 0.176 e. The lowest BCUT2D eigenvalue weighted by atomic mass is 10.0. The number of benzene rings is 1. The van der Waals surface area contributed by atoms with E-state index in [1.807, 2.05) is 31.3 Å². The molecule has 1 aliphatic rings. The number of halogens is 1. The maximum absolute atomic E-state index is 12.1. The molecule has 104 valence electrons. The number of carbonyl (C=O) groups excluding carboxylic acids is 1. The third kappa shape index (κ3) is 4.71. The first-order valence-electron chi connectivity index (χ1n) is 6.70. The topological polar surface area (TPSA) is 29.5 Å². The Morgan fingerprint density at radius 2 is 2.16 bits per heavy atom. The van der Waals surface area contributed by atoms with Crippen LogP contribution >= 0.6 is 15.9 Å². The highest BCUT2D eigenvalue weighted by Gasteiger charge is 2.17. The molecular weight excluding hydrogens is 306 g/mol. The fourth-order valence-electron chi connectivity index (χ4n) is 2.43. The molecule has 0 aliphatic carbocycles. The van der Waals surface area contributed by atoms with Crippen molar-refractivity contribution in [2.75, 3.05) is 33.4 Å². The number of ether oxygens (including phenoxy) is 1. The zero-order valence-electron chi connectivity index (χ0n) is 11.3. The van der Waals surface area contributed by atoms with E-state index < -0.39 is 0 Å². The molecule has 1 atom stereocenters. The van der Waals surface area contributed by atoms with Gasteiger partial charge in [-0.1, -0.05) is 28.1 Å². The molecule has 1 aromatic carbocycles. The number of carbonyl (C=O) groups is 1. The van der Waals surface area contributed by atoms with Crippen LogP contribution in [0.4, 0.5) is 0 Å². The summed E-state index contributed by atoms with van der Waals surface area (Å²) in [6.07, 6.45) is 2.34. The first-order valence-corrected chi connectivity index (χ1v) is 7.49. The summed E-state index contributed by atoms with van der Waals surface area (Å²) in [5.74, 6) is 0.739. The van der Waals surface area contributed by atoms with Gasteiger partial charge in [0.2, 0.25) is 0 Å². The summed E-state index contributed by atoms with van der Waals surface area (Å²) in [4.78, 5) is 14.2. The largest absolute Gasteiger partial charge is 0.381 e. The molecule has 0 saturated carbocycles. The average molecular weight is 326 g/mol. The van der Waals surface area contributed by atoms with Gasteiger partial charge in [0.1, 0.15) is 0 Å². The summed E-state index contributed by atoms with van der Waals surface area (Å²) >= 11 is 3.38. The molecule has 4 heteroatoms. The van der Waals surface area contributed by atoms with Crippen molar-refractivity contribution in [1.29, 1.82) is 0 Å². The van der Waals surface area contributed by atoms with E-state index in [0.29, 0.717) is 12.5 Å². The van der Waals surface area contributed by atoms with E-state index in [-0.39, 0.29) is 5.78 Å². The molecule has 19 heavy (non-hydrogen) atoms. The standard InChI is InChI=1S/C15H20BrNO2/c1-17(9-12-3-2-8-19-11-12)10-15(18)13-4-6-14(16)7-5-13/h4-7,12H,2-3,8-11H2,1H3. The van der Waals surface area contributed by atoms with Gasteiger partial charge in [-0.2, -0.15) is 0 Å². The van der Waals surface area contributed by atoms with Gasteiger partial charge in [0.05, 0.1) is 13.2 Å². The van der Waals surface area contributed by atoms with Gasteiger partial charge >= 0.3 is 0 Å². The molecule has 0 N–H and O–H groups in total. The van der Waals surface area contributed by atoms with Gasteiger partial charge in [-0.15, -0.1) is 0 Å². The summed E-state index contributed by atoms with van der Waals surface area (Å²) in [6.45, 7) is 3.12. The fraction of sp³-hybridized carbons (Fsp3) is 0.533. The number of likely N-dealkylation sites (N-methyl/N-ethyl adjacent to an activating group) is 1. The van der Waals surface area contributed by atoms with Crippen molar-refractivity contribution < 1.29 is 9.53 Å². The summed E-state index contributed by atoms with van der Waals surface area (Å²) in [5.41, 5.74) is 0.773. The zero-order chi connectivity index (χ0) is 13.7. The summed E-state index contributed by atoms with van der Waals surface area (Å²) in [7, 11) is 2.01. The van der Waals surface area contributed by atoms with E-state index in [1.165, 1.54) is 6.42 Å². The molecule has 1 aromatic rings. The van der Waals surface area contributed by atoms with Crippen molar-refractivity contribution in [3.05, 3.63) is 34.3 Å². The van der Waals surface area contributed by atoms with E-state index in [0.717, 1.165) is 36.2 Å². The van der Waals surface area contributed by atoms with Crippen LogP contribution in [0.2, 0.25) is 0 Å². The van der Waals surface area contributed by atoms with E-state index in [4.69, 9.17) is 4.74 Å². The smallest absolute Gasteiger partial charge is 0.176 e. The first kappa shape index (κ1) is 14.7. The summed E-state index contributed by atoms with van der Waals surface area (Å²) in [5, 5.41) is 0. The highest BCUT2D eigenvalue weighted by molar-refractivity contribution is 9.10. The Morgan fingerprint density at radius 1 is 1.42 bits per heavy atom. The SMILES string of the molecule is CN(CC(=O)c1ccc(Br)cc1)CC1CCCOC1. The molecule has 0 radical (unpaired) electrons. The summed E-state index contributed by atoms with van der Waals surface area (Å²) in [6, 6.07) is 7.54. The van der Waals surface area contributed by atoms with Crippen LogP contribution in [0.3, 0.4) is 0 Å². The second-order valence-corrected chi connectivity index (χ2v) is 6.13. The monoisotopic (exact) mass is 325 g/mol. The Hall–Kier alpha value is -0.710. The highest BCUT2D eigenvalue weighted by Crippen LogP contribution is 2.15. The van der Waals surface area contributed by atoms with Crippen molar-refractivity contribution in [2.24, 2.45) is 5.92 Å². The predicted octanol–water partition coefficient (Wildman–Crippen LogP) is 2.99. The predicted molar refractivity (Wildman–Crippen MR) is 79.5 cm³/mol. The van der Waals surface area contributed by atoms with Crippen LogP contribution in [0, 0.1) is 5.92 Å². The van der Waals surface area contributed by atoms with Crippen LogP contribution in [0.15, 0.2) is 28.7 Å². The Kier molecular flexibility index (Phi) is 5.55. The Bertz CT molecular complexity index is 413. The van der Waals surface area contributed by atoms with Crippen molar-refractivity contribution in [2.45, 2.75) is 12.8 Å².